The summed E-state index contributed by atoms with van der Waals surface area (Å²) in [5, 5.41) is 0. The van der Waals surface area contributed by atoms with Gasteiger partial charge in [0.15, 0.2) is 0 Å². The molecule has 2 aliphatic heterocycles. The topological polar surface area (TPSA) is 23.6 Å². The fourth-order valence-corrected chi connectivity index (χ4v) is 3.49. The molecule has 0 aliphatic carbocycles. The lowest BCUT2D eigenvalue weighted by Gasteiger charge is -2.29. The van der Waals surface area contributed by atoms with Gasteiger partial charge in [-0.05, 0) is 56.8 Å². The maximum Gasteiger partial charge on any atom is 0.254 e. The van der Waals surface area contributed by atoms with Gasteiger partial charge in [-0.1, -0.05) is 24.6 Å². The lowest BCUT2D eigenvalue weighted by Crippen LogP contribution is -2.37. The second kappa shape index (κ2) is 7.08. The molecule has 1 aromatic rings. The van der Waals surface area contributed by atoms with Crippen molar-refractivity contribution >= 4 is 5.91 Å². The molecule has 114 valence electrons. The van der Waals surface area contributed by atoms with E-state index in [9.17, 15) is 4.79 Å². The van der Waals surface area contributed by atoms with Crippen molar-refractivity contribution in [3.8, 4) is 0 Å². The fourth-order valence-electron chi connectivity index (χ4n) is 3.49. The summed E-state index contributed by atoms with van der Waals surface area (Å²) in [6, 6.07) is 8.20. The third-order valence-corrected chi connectivity index (χ3v) is 4.73. The molecular formula is C18H26N2O. The van der Waals surface area contributed by atoms with Gasteiger partial charge in [0.1, 0.15) is 0 Å². The van der Waals surface area contributed by atoms with E-state index in [0.29, 0.717) is 0 Å². The van der Waals surface area contributed by atoms with E-state index < -0.39 is 0 Å². The Morgan fingerprint density at radius 2 is 1.48 bits per heavy atom. The van der Waals surface area contributed by atoms with Gasteiger partial charge in [-0.2, -0.15) is 0 Å². The summed E-state index contributed by atoms with van der Waals surface area (Å²) in [4.78, 5) is 17.3. The average Bonchev–Trinajstić information content (AvgIpc) is 2.56. The lowest BCUT2D eigenvalue weighted by atomic mass is 10.0. The van der Waals surface area contributed by atoms with E-state index in [4.69, 9.17) is 0 Å². The Kier molecular flexibility index (Phi) is 4.91. The predicted molar refractivity (Wildman–Crippen MR) is 85.3 cm³/mol. The van der Waals surface area contributed by atoms with Crippen LogP contribution < -0.4 is 0 Å². The zero-order valence-electron chi connectivity index (χ0n) is 12.9. The highest BCUT2D eigenvalue weighted by Crippen LogP contribution is 2.19. The van der Waals surface area contributed by atoms with E-state index in [1.165, 1.54) is 44.3 Å². The summed E-state index contributed by atoms with van der Waals surface area (Å²) in [5.74, 6) is 0.238. The van der Waals surface area contributed by atoms with Crippen molar-refractivity contribution in [1.29, 1.82) is 0 Å². The molecule has 3 nitrogen and oxygen atoms in total. The minimum atomic E-state index is 0.238. The molecule has 0 aromatic heterocycles. The first-order valence-corrected chi connectivity index (χ1v) is 8.44. The largest absolute Gasteiger partial charge is 0.339 e. The quantitative estimate of drug-likeness (QED) is 0.851. The Labute approximate surface area is 127 Å². The number of rotatable bonds is 3. The van der Waals surface area contributed by atoms with Gasteiger partial charge in [0.2, 0.25) is 0 Å². The number of piperidine rings is 2. The van der Waals surface area contributed by atoms with Crippen molar-refractivity contribution in [3.63, 3.8) is 0 Å². The summed E-state index contributed by atoms with van der Waals surface area (Å²) >= 11 is 0. The second-order valence-electron chi connectivity index (χ2n) is 6.35. The van der Waals surface area contributed by atoms with Crippen LogP contribution in [0.25, 0.3) is 0 Å². The second-order valence-corrected chi connectivity index (χ2v) is 6.35. The average molecular weight is 286 g/mol. The number of amides is 1. The zero-order valence-corrected chi connectivity index (χ0v) is 12.9. The fraction of sp³-hybridized carbons (Fsp3) is 0.611. The highest BCUT2D eigenvalue weighted by atomic mass is 16.2. The van der Waals surface area contributed by atoms with Gasteiger partial charge in [-0.25, -0.2) is 0 Å². The SMILES string of the molecule is O=C(c1ccccc1CN1CCCCC1)N1CCCCC1. The van der Waals surface area contributed by atoms with E-state index in [1.54, 1.807) is 0 Å². The summed E-state index contributed by atoms with van der Waals surface area (Å²) < 4.78 is 0. The maximum atomic E-state index is 12.8. The molecule has 1 amide bonds. The minimum Gasteiger partial charge on any atom is -0.339 e. The highest BCUT2D eigenvalue weighted by Gasteiger charge is 2.21. The molecule has 0 radical (unpaired) electrons. The number of hydrogen-bond acceptors (Lipinski definition) is 2. The van der Waals surface area contributed by atoms with E-state index in [1.807, 2.05) is 17.0 Å². The molecule has 2 heterocycles. The first-order valence-electron chi connectivity index (χ1n) is 8.44. The van der Waals surface area contributed by atoms with E-state index >= 15 is 0 Å². The van der Waals surface area contributed by atoms with Crippen LogP contribution in [0.2, 0.25) is 0 Å². The number of benzene rings is 1. The van der Waals surface area contributed by atoms with Gasteiger partial charge in [-0.15, -0.1) is 0 Å². The molecule has 0 N–H and O–H groups in total. The minimum absolute atomic E-state index is 0.238. The molecule has 0 atom stereocenters. The molecule has 1 aromatic carbocycles. The third kappa shape index (κ3) is 3.65. The van der Waals surface area contributed by atoms with Crippen LogP contribution in [-0.2, 0) is 6.54 Å². The van der Waals surface area contributed by atoms with Crippen LogP contribution in [-0.4, -0.2) is 41.9 Å². The molecule has 2 aliphatic rings. The van der Waals surface area contributed by atoms with E-state index in [-0.39, 0.29) is 5.91 Å². The van der Waals surface area contributed by atoms with Gasteiger partial charge in [0.25, 0.3) is 5.91 Å². The molecule has 0 spiro atoms. The zero-order chi connectivity index (χ0) is 14.5. The highest BCUT2D eigenvalue weighted by molar-refractivity contribution is 5.95. The smallest absolute Gasteiger partial charge is 0.254 e. The summed E-state index contributed by atoms with van der Waals surface area (Å²) in [6.45, 7) is 5.13. The van der Waals surface area contributed by atoms with Crippen LogP contribution >= 0.6 is 0 Å². The maximum absolute atomic E-state index is 12.8. The van der Waals surface area contributed by atoms with Gasteiger partial charge in [0.05, 0.1) is 0 Å². The number of likely N-dealkylation sites (tertiary alicyclic amines) is 2. The predicted octanol–water partition coefficient (Wildman–Crippen LogP) is 3.30. The number of carbonyl (C=O) groups is 1. The lowest BCUT2D eigenvalue weighted by molar-refractivity contribution is 0.0721. The molecule has 0 unspecified atom stereocenters. The van der Waals surface area contributed by atoms with Crippen molar-refractivity contribution in [2.45, 2.75) is 45.1 Å². The van der Waals surface area contributed by atoms with Crippen LogP contribution in [0.15, 0.2) is 24.3 Å². The van der Waals surface area contributed by atoms with Crippen molar-refractivity contribution in [3.05, 3.63) is 35.4 Å². The van der Waals surface area contributed by atoms with Gasteiger partial charge >= 0.3 is 0 Å². The van der Waals surface area contributed by atoms with Gasteiger partial charge in [-0.3, -0.25) is 9.69 Å². The Balaban J connectivity index is 1.73. The Bertz CT molecular complexity index is 474. The Morgan fingerprint density at radius 3 is 2.19 bits per heavy atom. The normalized spacial score (nSPS) is 20.5. The first-order chi connectivity index (χ1) is 10.3. The summed E-state index contributed by atoms with van der Waals surface area (Å²) in [7, 11) is 0. The third-order valence-electron chi connectivity index (χ3n) is 4.73. The number of hydrogen-bond donors (Lipinski definition) is 0. The van der Waals surface area contributed by atoms with Crippen LogP contribution in [0.4, 0.5) is 0 Å². The van der Waals surface area contributed by atoms with Crippen LogP contribution in [0.5, 0.6) is 0 Å². The van der Waals surface area contributed by atoms with Crippen molar-refractivity contribution in [2.75, 3.05) is 26.2 Å². The molecule has 2 fully saturated rings. The van der Waals surface area contributed by atoms with Crippen molar-refractivity contribution in [1.82, 2.24) is 9.80 Å². The van der Waals surface area contributed by atoms with Gasteiger partial charge in [0, 0.05) is 25.2 Å². The van der Waals surface area contributed by atoms with E-state index in [0.717, 1.165) is 38.0 Å². The molecule has 21 heavy (non-hydrogen) atoms. The molecule has 3 rings (SSSR count). The molecule has 3 heteroatoms. The van der Waals surface area contributed by atoms with Crippen LogP contribution in [0.1, 0.15) is 54.4 Å². The molecule has 0 bridgehead atoms. The Morgan fingerprint density at radius 1 is 0.857 bits per heavy atom. The van der Waals surface area contributed by atoms with Crippen molar-refractivity contribution in [2.24, 2.45) is 0 Å². The molecule has 2 saturated heterocycles. The van der Waals surface area contributed by atoms with Crippen molar-refractivity contribution < 1.29 is 4.79 Å². The molecular weight excluding hydrogens is 260 g/mol. The van der Waals surface area contributed by atoms with E-state index in [2.05, 4.69) is 17.0 Å². The first kappa shape index (κ1) is 14.6. The summed E-state index contributed by atoms with van der Waals surface area (Å²) in [6.07, 6.45) is 7.51. The number of carbonyl (C=O) groups excluding carboxylic acids is 1. The number of nitrogens with zero attached hydrogens (tertiary/aromatic N) is 2. The Hall–Kier alpha value is -1.35. The van der Waals surface area contributed by atoms with Gasteiger partial charge < -0.3 is 4.90 Å². The monoisotopic (exact) mass is 286 g/mol. The van der Waals surface area contributed by atoms with Crippen LogP contribution in [0.3, 0.4) is 0 Å². The summed E-state index contributed by atoms with van der Waals surface area (Å²) in [5.41, 5.74) is 2.12. The van der Waals surface area contributed by atoms with Crippen LogP contribution in [0, 0.1) is 0 Å². The molecule has 0 saturated carbocycles. The standard InChI is InChI=1S/C18H26N2O/c21-18(20-13-7-2-8-14-20)17-10-4-3-9-16(17)15-19-11-5-1-6-12-19/h3-4,9-10H,1-2,5-8,11-15H2.